The maximum absolute atomic E-state index is 12.8. The third kappa shape index (κ3) is 3.01. The average molecular weight is 383 g/mol. The van der Waals surface area contributed by atoms with Gasteiger partial charge in [-0.05, 0) is 35.8 Å². The molecule has 1 amide bonds. The number of nitrogens with zero attached hydrogens (tertiary/aromatic N) is 3. The van der Waals surface area contributed by atoms with Crippen molar-refractivity contribution in [2.45, 2.75) is 18.0 Å². The van der Waals surface area contributed by atoms with Gasteiger partial charge in [-0.15, -0.1) is 16.9 Å². The number of hydrazone groups is 1. The van der Waals surface area contributed by atoms with Crippen LogP contribution in [0.25, 0.3) is 5.70 Å². The topological polar surface area (TPSA) is 57.1 Å². The summed E-state index contributed by atoms with van der Waals surface area (Å²) in [5, 5.41) is 11.6. The predicted octanol–water partition coefficient (Wildman–Crippen LogP) is 2.30. The van der Waals surface area contributed by atoms with E-state index < -0.39 is 0 Å². The Hall–Kier alpha value is -2.25. The van der Waals surface area contributed by atoms with Crippen molar-refractivity contribution < 1.29 is 4.79 Å². The second-order valence-corrected chi connectivity index (χ2v) is 7.91. The molecule has 0 saturated heterocycles. The van der Waals surface area contributed by atoms with Crippen LogP contribution in [0.15, 0.2) is 63.5 Å². The van der Waals surface area contributed by atoms with E-state index in [0.717, 1.165) is 21.9 Å². The highest BCUT2D eigenvalue weighted by atomic mass is 32.2. The minimum Gasteiger partial charge on any atom is -0.298 e. The van der Waals surface area contributed by atoms with E-state index in [1.807, 2.05) is 31.2 Å². The van der Waals surface area contributed by atoms with Gasteiger partial charge in [-0.25, -0.2) is 5.01 Å². The first-order chi connectivity index (χ1) is 12.7. The highest BCUT2D eigenvalue weighted by Gasteiger charge is 2.34. The van der Waals surface area contributed by atoms with Crippen LogP contribution >= 0.6 is 23.5 Å². The van der Waals surface area contributed by atoms with Crippen LogP contribution in [0.3, 0.4) is 0 Å². The van der Waals surface area contributed by atoms with Gasteiger partial charge in [0.15, 0.2) is 11.3 Å². The molecule has 2 aromatic rings. The van der Waals surface area contributed by atoms with E-state index in [-0.39, 0.29) is 12.1 Å². The molecule has 132 valence electrons. The van der Waals surface area contributed by atoms with Gasteiger partial charge in [-0.2, -0.15) is 0 Å². The first kappa shape index (κ1) is 17.2. The zero-order valence-corrected chi connectivity index (χ0v) is 16.1. The summed E-state index contributed by atoms with van der Waals surface area (Å²) >= 11 is 3.21. The van der Waals surface area contributed by atoms with E-state index in [1.54, 1.807) is 16.8 Å². The number of carbonyl (C=O) groups is 1. The summed E-state index contributed by atoms with van der Waals surface area (Å²) in [6.07, 6.45) is 1.70. The van der Waals surface area contributed by atoms with Crippen molar-refractivity contribution in [3.05, 3.63) is 64.7 Å². The lowest BCUT2D eigenvalue weighted by atomic mass is 10.1. The van der Waals surface area contributed by atoms with Crippen molar-refractivity contribution in [2.24, 2.45) is 10.1 Å². The summed E-state index contributed by atoms with van der Waals surface area (Å²) in [5.41, 5.74) is 1.56. The number of para-hydroxylation sites is 1. The minimum absolute atomic E-state index is 0.135. The Morgan fingerprint density at radius 1 is 1.15 bits per heavy atom. The largest absolute Gasteiger partial charge is 0.298 e. The average Bonchev–Trinajstić information content (AvgIpc) is 2.67. The summed E-state index contributed by atoms with van der Waals surface area (Å²) in [6, 6.07) is 16.0. The third-order valence-corrected chi connectivity index (χ3v) is 5.70. The highest BCUT2D eigenvalue weighted by molar-refractivity contribution is 8.13. The quantitative estimate of drug-likeness (QED) is 0.828. The fourth-order valence-electron chi connectivity index (χ4n) is 3.02. The lowest BCUT2D eigenvalue weighted by Crippen LogP contribution is -2.50. The molecule has 2 heterocycles. The van der Waals surface area contributed by atoms with Crippen molar-refractivity contribution in [2.75, 3.05) is 12.0 Å². The Morgan fingerprint density at radius 3 is 2.65 bits per heavy atom. The van der Waals surface area contributed by atoms with Gasteiger partial charge >= 0.3 is 0 Å². The predicted molar refractivity (Wildman–Crippen MR) is 107 cm³/mol. The number of amidine groups is 1. The Bertz CT molecular complexity index is 1000. The molecule has 5 nitrogen and oxygen atoms in total. The second kappa shape index (κ2) is 7.17. The first-order valence-electron chi connectivity index (χ1n) is 8.34. The van der Waals surface area contributed by atoms with Crippen molar-refractivity contribution >= 4 is 40.3 Å². The molecule has 1 atom stereocenters. The molecule has 0 unspecified atom stereocenters. The van der Waals surface area contributed by atoms with E-state index in [4.69, 9.17) is 4.99 Å². The molecule has 0 saturated carbocycles. The number of benzene rings is 2. The Kier molecular flexibility index (Phi) is 4.74. The molecule has 7 heteroatoms. The molecular formula is C19H18N4OS2. The van der Waals surface area contributed by atoms with Crippen LogP contribution < -0.4 is 15.9 Å². The molecule has 2 aliphatic heterocycles. The van der Waals surface area contributed by atoms with Crippen molar-refractivity contribution in [1.82, 2.24) is 10.3 Å². The zero-order chi connectivity index (χ0) is 18.1. The molecule has 0 aliphatic carbocycles. The zero-order valence-electron chi connectivity index (χ0n) is 14.5. The molecule has 2 aromatic carbocycles. The van der Waals surface area contributed by atoms with Gasteiger partial charge in [0.2, 0.25) is 0 Å². The fourth-order valence-corrected chi connectivity index (χ4v) is 4.01. The number of hydrogen-bond acceptors (Lipinski definition) is 6. The Balaban J connectivity index is 1.90. The van der Waals surface area contributed by atoms with E-state index in [0.29, 0.717) is 10.9 Å². The number of rotatable bonds is 3. The molecular weight excluding hydrogens is 364 g/mol. The van der Waals surface area contributed by atoms with Gasteiger partial charge < -0.3 is 0 Å². The standard InChI is InChI=1S/C19H18N4OS2/c1-3-26-19-21-18(24)16-14-6-4-5-7-15(14)20-17(23(16)22-19)12-8-10-13(25-2)11-9-12/h4-11,17H,3H2,1-2H3,(H,21,22,24)/t17-/m1/s1. The van der Waals surface area contributed by atoms with E-state index >= 15 is 0 Å². The van der Waals surface area contributed by atoms with Crippen molar-refractivity contribution in [3.8, 4) is 0 Å². The van der Waals surface area contributed by atoms with Gasteiger partial charge in [0.1, 0.15) is 5.70 Å². The maximum Gasteiger partial charge on any atom is 0.276 e. The number of hydrogen-bond donors (Lipinski definition) is 1. The molecule has 2 aliphatic rings. The molecule has 0 aromatic heterocycles. The lowest BCUT2D eigenvalue weighted by Gasteiger charge is -2.34. The number of nitrogens with one attached hydrogen (secondary N) is 1. The molecule has 26 heavy (non-hydrogen) atoms. The lowest BCUT2D eigenvalue weighted by molar-refractivity contribution is -0.116. The first-order valence-corrected chi connectivity index (χ1v) is 10.6. The monoisotopic (exact) mass is 382 g/mol. The fraction of sp³-hybridized carbons (Fsp3) is 0.211. The smallest absolute Gasteiger partial charge is 0.276 e. The van der Waals surface area contributed by atoms with Gasteiger partial charge in [-0.3, -0.25) is 15.1 Å². The van der Waals surface area contributed by atoms with Gasteiger partial charge in [0.05, 0.1) is 5.36 Å². The van der Waals surface area contributed by atoms with Crippen LogP contribution in [-0.2, 0) is 4.79 Å². The SMILES string of the molecule is CCSC1=NN2C(=c3ccccc3=N[C@H]2c2ccc(SC)cc2)C(=O)N1. The number of thioether (sulfide) groups is 2. The van der Waals surface area contributed by atoms with E-state index in [9.17, 15) is 4.79 Å². The molecule has 4 rings (SSSR count). The van der Waals surface area contributed by atoms with E-state index in [1.165, 1.54) is 16.7 Å². The molecule has 0 bridgehead atoms. The normalized spacial score (nSPS) is 18.5. The summed E-state index contributed by atoms with van der Waals surface area (Å²) in [4.78, 5) is 18.9. The summed E-state index contributed by atoms with van der Waals surface area (Å²) in [7, 11) is 0. The van der Waals surface area contributed by atoms with Crippen LogP contribution in [0.1, 0.15) is 18.7 Å². The molecule has 0 radical (unpaired) electrons. The van der Waals surface area contributed by atoms with Crippen LogP contribution in [0.5, 0.6) is 0 Å². The number of amides is 1. The summed E-state index contributed by atoms with van der Waals surface area (Å²) in [5.74, 6) is 0.701. The van der Waals surface area contributed by atoms with Crippen LogP contribution in [0.2, 0.25) is 0 Å². The van der Waals surface area contributed by atoms with Gasteiger partial charge in [0, 0.05) is 10.1 Å². The number of carbonyl (C=O) groups excluding carboxylic acids is 1. The summed E-state index contributed by atoms with van der Waals surface area (Å²) < 4.78 is 0. The van der Waals surface area contributed by atoms with Crippen LogP contribution in [0.4, 0.5) is 0 Å². The Labute approximate surface area is 160 Å². The van der Waals surface area contributed by atoms with Crippen molar-refractivity contribution in [3.63, 3.8) is 0 Å². The third-order valence-electron chi connectivity index (χ3n) is 4.21. The number of fused-ring (bicyclic) bond motifs is 2. The minimum atomic E-state index is -0.352. The Morgan fingerprint density at radius 2 is 1.92 bits per heavy atom. The van der Waals surface area contributed by atoms with Crippen LogP contribution in [-0.4, -0.2) is 28.1 Å². The molecule has 1 N–H and O–H groups in total. The van der Waals surface area contributed by atoms with Gasteiger partial charge in [-0.1, -0.05) is 49.0 Å². The second-order valence-electron chi connectivity index (χ2n) is 5.78. The van der Waals surface area contributed by atoms with Crippen LogP contribution in [0, 0.1) is 0 Å². The van der Waals surface area contributed by atoms with Gasteiger partial charge in [0.25, 0.3) is 5.91 Å². The molecule has 0 spiro atoms. The van der Waals surface area contributed by atoms with Crippen molar-refractivity contribution in [1.29, 1.82) is 0 Å². The van der Waals surface area contributed by atoms with E-state index in [2.05, 4.69) is 40.9 Å². The maximum atomic E-state index is 12.8. The summed E-state index contributed by atoms with van der Waals surface area (Å²) in [6.45, 7) is 2.03. The molecule has 0 fully saturated rings. The highest BCUT2D eigenvalue weighted by Crippen LogP contribution is 2.31.